The monoisotopic (exact) mass is 405 g/mol. The minimum atomic E-state index is -3.93. The zero-order valence-corrected chi connectivity index (χ0v) is 16.1. The third-order valence-electron chi connectivity index (χ3n) is 3.79. The molecule has 0 fully saturated rings. The smallest absolute Gasteiger partial charge is 0.266 e. The summed E-state index contributed by atoms with van der Waals surface area (Å²) in [6, 6.07) is 14.0. The molecule has 9 heteroatoms. The van der Waals surface area contributed by atoms with Crippen LogP contribution in [0.3, 0.4) is 0 Å². The van der Waals surface area contributed by atoms with Gasteiger partial charge in [0.25, 0.3) is 15.6 Å². The first-order valence-electron chi connectivity index (χ1n) is 7.81. The molecule has 0 amide bonds. The van der Waals surface area contributed by atoms with Crippen LogP contribution in [-0.2, 0) is 17.1 Å². The van der Waals surface area contributed by atoms with E-state index in [9.17, 15) is 13.2 Å². The minimum absolute atomic E-state index is 0.0665. The van der Waals surface area contributed by atoms with Gasteiger partial charge in [0.1, 0.15) is 10.6 Å². The zero-order valence-electron chi connectivity index (χ0n) is 14.5. The molecule has 0 aliphatic heterocycles. The third-order valence-corrected chi connectivity index (χ3v) is 5.42. The van der Waals surface area contributed by atoms with Crippen LogP contribution in [0.5, 0.6) is 5.75 Å². The second-order valence-corrected chi connectivity index (χ2v) is 7.75. The van der Waals surface area contributed by atoms with Crippen LogP contribution in [0, 0.1) is 0 Å². The van der Waals surface area contributed by atoms with E-state index >= 15 is 0 Å². The fourth-order valence-corrected chi connectivity index (χ4v) is 3.95. The summed E-state index contributed by atoms with van der Waals surface area (Å²) in [4.78, 5) is 11.4. The summed E-state index contributed by atoms with van der Waals surface area (Å²) in [6.45, 7) is 0. The number of aryl methyl sites for hydroxylation is 1. The van der Waals surface area contributed by atoms with Crippen molar-refractivity contribution in [1.82, 2.24) is 9.78 Å². The quantitative estimate of drug-likeness (QED) is 0.704. The molecular formula is C18H16ClN3O4S. The molecule has 27 heavy (non-hydrogen) atoms. The highest BCUT2D eigenvalue weighted by Gasteiger charge is 2.20. The molecule has 1 aromatic heterocycles. The van der Waals surface area contributed by atoms with Gasteiger partial charge < -0.3 is 4.74 Å². The molecule has 0 aliphatic carbocycles. The van der Waals surface area contributed by atoms with Gasteiger partial charge >= 0.3 is 0 Å². The molecule has 0 bridgehead atoms. The number of halogens is 1. The number of ether oxygens (including phenoxy) is 1. The highest BCUT2D eigenvalue weighted by molar-refractivity contribution is 7.92. The lowest BCUT2D eigenvalue weighted by atomic mass is 10.1. The number of benzene rings is 2. The number of nitrogens with zero attached hydrogens (tertiary/aromatic N) is 2. The Balaban J connectivity index is 1.97. The van der Waals surface area contributed by atoms with E-state index in [1.54, 1.807) is 43.4 Å². The molecule has 0 radical (unpaired) electrons. The van der Waals surface area contributed by atoms with Crippen LogP contribution in [-0.4, -0.2) is 25.3 Å². The summed E-state index contributed by atoms with van der Waals surface area (Å²) in [5.74, 6) is 0.183. The van der Waals surface area contributed by atoms with Crippen molar-refractivity contribution in [3.05, 3.63) is 70.0 Å². The van der Waals surface area contributed by atoms with Crippen molar-refractivity contribution in [2.75, 3.05) is 11.8 Å². The number of nitrogens with one attached hydrogen (secondary N) is 1. The average molecular weight is 406 g/mol. The van der Waals surface area contributed by atoms with Gasteiger partial charge in [-0.15, -0.1) is 0 Å². The molecule has 1 N–H and O–H groups in total. The number of hydrogen-bond acceptors (Lipinski definition) is 5. The van der Waals surface area contributed by atoms with Gasteiger partial charge in [0.05, 0.1) is 12.8 Å². The van der Waals surface area contributed by atoms with E-state index in [1.807, 2.05) is 0 Å². The minimum Gasteiger partial charge on any atom is -0.495 e. The van der Waals surface area contributed by atoms with Crippen molar-refractivity contribution in [3.63, 3.8) is 0 Å². The van der Waals surface area contributed by atoms with Gasteiger partial charge in [-0.05, 0) is 36.4 Å². The molecule has 3 aromatic rings. The Morgan fingerprint density at radius 3 is 2.59 bits per heavy atom. The number of methoxy groups -OCH3 is 1. The molecule has 0 spiro atoms. The molecule has 0 saturated heterocycles. The van der Waals surface area contributed by atoms with E-state index in [2.05, 4.69) is 9.82 Å². The van der Waals surface area contributed by atoms with Crippen LogP contribution in [0.25, 0.3) is 11.3 Å². The van der Waals surface area contributed by atoms with E-state index in [4.69, 9.17) is 16.3 Å². The molecule has 0 atom stereocenters. The van der Waals surface area contributed by atoms with E-state index in [1.165, 1.54) is 30.0 Å². The van der Waals surface area contributed by atoms with Crippen LogP contribution >= 0.6 is 11.6 Å². The normalized spacial score (nSPS) is 11.2. The summed E-state index contributed by atoms with van der Waals surface area (Å²) in [7, 11) is -0.999. The Kier molecular flexibility index (Phi) is 5.20. The van der Waals surface area contributed by atoms with Gasteiger partial charge in [0.15, 0.2) is 0 Å². The first kappa shape index (κ1) is 18.9. The topological polar surface area (TPSA) is 90.3 Å². The highest BCUT2D eigenvalue weighted by Crippen LogP contribution is 2.29. The highest BCUT2D eigenvalue weighted by atomic mass is 35.5. The van der Waals surface area contributed by atoms with Crippen molar-refractivity contribution in [1.29, 1.82) is 0 Å². The molecule has 0 unspecified atom stereocenters. The van der Waals surface area contributed by atoms with Gasteiger partial charge in [-0.2, -0.15) is 5.10 Å². The van der Waals surface area contributed by atoms with Gasteiger partial charge in [-0.1, -0.05) is 23.7 Å². The molecule has 0 saturated carbocycles. The van der Waals surface area contributed by atoms with Crippen molar-refractivity contribution < 1.29 is 13.2 Å². The second kappa shape index (κ2) is 7.42. The van der Waals surface area contributed by atoms with Crippen LogP contribution in [0.15, 0.2) is 64.3 Å². The molecule has 1 heterocycles. The zero-order chi connectivity index (χ0) is 19.6. The molecule has 3 rings (SSSR count). The van der Waals surface area contributed by atoms with Crippen LogP contribution in [0.1, 0.15) is 0 Å². The Labute approximate surface area is 161 Å². The number of rotatable bonds is 5. The van der Waals surface area contributed by atoms with Crippen molar-refractivity contribution in [2.24, 2.45) is 7.05 Å². The predicted molar refractivity (Wildman–Crippen MR) is 104 cm³/mol. The largest absolute Gasteiger partial charge is 0.495 e. The first-order valence-corrected chi connectivity index (χ1v) is 9.67. The first-order chi connectivity index (χ1) is 12.8. The summed E-state index contributed by atoms with van der Waals surface area (Å²) in [6.07, 6.45) is 0. The van der Waals surface area contributed by atoms with Gasteiger partial charge in [0, 0.05) is 29.4 Å². The Morgan fingerprint density at radius 2 is 1.89 bits per heavy atom. The number of aromatic nitrogens is 2. The summed E-state index contributed by atoms with van der Waals surface area (Å²) < 4.78 is 34.4. The molecular weight excluding hydrogens is 390 g/mol. The Bertz CT molecular complexity index is 1160. The molecule has 2 aromatic carbocycles. The predicted octanol–water partition coefficient (Wildman–Crippen LogP) is 2.91. The lowest BCUT2D eigenvalue weighted by molar-refractivity contribution is 0.403. The van der Waals surface area contributed by atoms with Crippen LogP contribution < -0.4 is 15.0 Å². The SMILES string of the molecule is COc1ccc(Cl)cc1S(=O)(=O)Nc1cccc(-c2ccc(=O)n(C)n2)c1. The Morgan fingerprint density at radius 1 is 1.11 bits per heavy atom. The van der Waals surface area contributed by atoms with Crippen molar-refractivity contribution in [3.8, 4) is 17.0 Å². The number of hydrogen-bond donors (Lipinski definition) is 1. The standard InChI is InChI=1S/C18H16ClN3O4S/c1-22-18(23)9-7-15(20-22)12-4-3-5-14(10-12)21-27(24,25)17-11-13(19)6-8-16(17)26-2/h3-11,21H,1-2H3. The lowest BCUT2D eigenvalue weighted by Crippen LogP contribution is -2.18. The number of anilines is 1. The second-order valence-electron chi connectivity index (χ2n) is 5.66. The van der Waals surface area contributed by atoms with Gasteiger partial charge in [-0.3, -0.25) is 9.52 Å². The lowest BCUT2D eigenvalue weighted by Gasteiger charge is -2.12. The third kappa shape index (κ3) is 4.12. The van der Waals surface area contributed by atoms with E-state index in [0.717, 1.165) is 0 Å². The molecule has 0 aliphatic rings. The van der Waals surface area contributed by atoms with Gasteiger partial charge in [0.2, 0.25) is 0 Å². The van der Waals surface area contributed by atoms with E-state index in [0.29, 0.717) is 16.9 Å². The summed E-state index contributed by atoms with van der Waals surface area (Å²) in [5, 5.41) is 4.44. The van der Waals surface area contributed by atoms with Crippen molar-refractivity contribution in [2.45, 2.75) is 4.90 Å². The van der Waals surface area contributed by atoms with Crippen LogP contribution in [0.4, 0.5) is 5.69 Å². The fourth-order valence-electron chi connectivity index (χ4n) is 2.47. The summed E-state index contributed by atoms with van der Waals surface area (Å²) >= 11 is 5.93. The molecule has 140 valence electrons. The maximum Gasteiger partial charge on any atom is 0.266 e. The summed E-state index contributed by atoms with van der Waals surface area (Å²) in [5.41, 5.74) is 1.30. The fraction of sp³-hybridized carbons (Fsp3) is 0.111. The van der Waals surface area contributed by atoms with E-state index in [-0.39, 0.29) is 21.2 Å². The average Bonchev–Trinajstić information content (AvgIpc) is 2.64. The van der Waals surface area contributed by atoms with Crippen molar-refractivity contribution >= 4 is 27.3 Å². The maximum atomic E-state index is 12.8. The van der Waals surface area contributed by atoms with Gasteiger partial charge in [-0.25, -0.2) is 13.1 Å². The molecule has 7 nitrogen and oxygen atoms in total. The maximum absolute atomic E-state index is 12.8. The number of sulfonamides is 1. The van der Waals surface area contributed by atoms with E-state index < -0.39 is 10.0 Å². The van der Waals surface area contributed by atoms with Crippen LogP contribution in [0.2, 0.25) is 5.02 Å². The Hall–Kier alpha value is -2.84.